The third-order valence-corrected chi connectivity index (χ3v) is 4.57. The van der Waals surface area contributed by atoms with Gasteiger partial charge in [0.25, 0.3) is 0 Å². The fraction of sp³-hybridized carbons (Fsp3) is 0.700. The van der Waals surface area contributed by atoms with Gasteiger partial charge in [0, 0.05) is 6.61 Å². The number of hydrogen-bond acceptors (Lipinski definition) is 6. The quantitative estimate of drug-likeness (QED) is 0.861. The molecule has 4 rings (SSSR count). The standard InChI is InChI=1S/C10H13N5OS/c11-10(3-4-10)8-14-15-7(6-2-1-5-16-6)12-13-9(15)17-8/h6H,1-5,11H2. The van der Waals surface area contributed by atoms with Crippen LogP contribution in [-0.2, 0) is 10.3 Å². The van der Waals surface area contributed by atoms with Crippen LogP contribution in [0.1, 0.15) is 42.6 Å². The molecule has 1 atom stereocenters. The van der Waals surface area contributed by atoms with Crippen molar-refractivity contribution in [2.45, 2.75) is 37.3 Å². The number of fused-ring (bicyclic) bond motifs is 1. The van der Waals surface area contributed by atoms with Crippen molar-refractivity contribution >= 4 is 16.3 Å². The zero-order valence-corrected chi connectivity index (χ0v) is 10.1. The van der Waals surface area contributed by atoms with Crippen molar-refractivity contribution in [3.8, 4) is 0 Å². The number of ether oxygens (including phenoxy) is 1. The van der Waals surface area contributed by atoms with Crippen molar-refractivity contribution in [3.05, 3.63) is 10.8 Å². The lowest BCUT2D eigenvalue weighted by atomic mass is 10.2. The summed E-state index contributed by atoms with van der Waals surface area (Å²) in [5.41, 5.74) is 5.95. The number of nitrogens with two attached hydrogens (primary N) is 1. The van der Waals surface area contributed by atoms with E-state index in [1.165, 1.54) is 0 Å². The minimum atomic E-state index is -0.195. The third-order valence-electron chi connectivity index (χ3n) is 3.45. The SMILES string of the molecule is NC1(c2nn3c(C4CCCO4)nnc3s2)CC1. The topological polar surface area (TPSA) is 78.3 Å². The highest BCUT2D eigenvalue weighted by atomic mass is 32.1. The maximum Gasteiger partial charge on any atom is 0.234 e. The maximum absolute atomic E-state index is 6.15. The average Bonchev–Trinajstić information content (AvgIpc) is 2.82. The molecule has 0 spiro atoms. The molecule has 6 nitrogen and oxygen atoms in total. The van der Waals surface area contributed by atoms with Crippen LogP contribution in [0, 0.1) is 0 Å². The van der Waals surface area contributed by atoms with Gasteiger partial charge in [-0.1, -0.05) is 11.3 Å². The van der Waals surface area contributed by atoms with Crippen LogP contribution >= 0.6 is 11.3 Å². The highest BCUT2D eigenvalue weighted by molar-refractivity contribution is 7.16. The zero-order chi connectivity index (χ0) is 11.5. The zero-order valence-electron chi connectivity index (χ0n) is 9.30. The van der Waals surface area contributed by atoms with Gasteiger partial charge < -0.3 is 10.5 Å². The largest absolute Gasteiger partial charge is 0.370 e. The van der Waals surface area contributed by atoms with Crippen molar-refractivity contribution in [2.75, 3.05) is 6.61 Å². The van der Waals surface area contributed by atoms with Crippen molar-refractivity contribution in [1.29, 1.82) is 0 Å². The molecule has 1 saturated carbocycles. The van der Waals surface area contributed by atoms with Crippen LogP contribution in [0.15, 0.2) is 0 Å². The Balaban J connectivity index is 1.79. The highest BCUT2D eigenvalue weighted by Crippen LogP contribution is 2.44. The lowest BCUT2D eigenvalue weighted by Crippen LogP contribution is -2.19. The van der Waals surface area contributed by atoms with Crippen molar-refractivity contribution in [3.63, 3.8) is 0 Å². The summed E-state index contributed by atoms with van der Waals surface area (Å²) in [6, 6.07) is 0. The van der Waals surface area contributed by atoms with Gasteiger partial charge in [-0.3, -0.25) is 0 Å². The van der Waals surface area contributed by atoms with Gasteiger partial charge in [-0.25, -0.2) is 0 Å². The number of nitrogens with zero attached hydrogens (tertiary/aromatic N) is 4. The van der Waals surface area contributed by atoms with Gasteiger partial charge in [0.05, 0.1) is 5.54 Å². The average molecular weight is 251 g/mol. The Morgan fingerprint density at radius 1 is 1.41 bits per heavy atom. The second-order valence-corrected chi connectivity index (χ2v) is 5.77. The van der Waals surface area contributed by atoms with Crippen molar-refractivity contribution < 1.29 is 4.74 Å². The molecule has 1 saturated heterocycles. The molecule has 0 radical (unpaired) electrons. The highest BCUT2D eigenvalue weighted by Gasteiger charge is 2.44. The van der Waals surface area contributed by atoms with E-state index in [1.54, 1.807) is 11.3 Å². The van der Waals surface area contributed by atoms with Crippen molar-refractivity contribution in [2.24, 2.45) is 5.73 Å². The summed E-state index contributed by atoms with van der Waals surface area (Å²) in [5.74, 6) is 0.823. The Bertz CT molecular complexity index is 566. The summed E-state index contributed by atoms with van der Waals surface area (Å²) < 4.78 is 7.43. The first kappa shape index (κ1) is 9.93. The summed E-state index contributed by atoms with van der Waals surface area (Å²) in [6.07, 6.45) is 4.17. The number of aromatic nitrogens is 4. The van der Waals surface area contributed by atoms with Gasteiger partial charge >= 0.3 is 0 Å². The van der Waals surface area contributed by atoms with E-state index < -0.39 is 0 Å². The smallest absolute Gasteiger partial charge is 0.234 e. The van der Waals surface area contributed by atoms with Crippen molar-refractivity contribution in [1.82, 2.24) is 19.8 Å². The van der Waals surface area contributed by atoms with Crippen LogP contribution in [0.4, 0.5) is 0 Å². The first-order valence-corrected chi connectivity index (χ1v) is 6.71. The number of rotatable bonds is 2. The van der Waals surface area contributed by atoms with Crippen LogP contribution in [0.5, 0.6) is 0 Å². The number of hydrogen-bond donors (Lipinski definition) is 1. The lowest BCUT2D eigenvalue weighted by Gasteiger charge is -2.05. The van der Waals surface area contributed by atoms with E-state index in [0.29, 0.717) is 0 Å². The fourth-order valence-electron chi connectivity index (χ4n) is 2.16. The molecule has 2 aromatic heterocycles. The third kappa shape index (κ3) is 1.42. The van der Waals surface area contributed by atoms with Crippen LogP contribution < -0.4 is 5.73 Å². The second kappa shape index (κ2) is 3.24. The minimum absolute atomic E-state index is 0.0490. The van der Waals surface area contributed by atoms with E-state index >= 15 is 0 Å². The first-order chi connectivity index (χ1) is 8.26. The van der Waals surface area contributed by atoms with E-state index in [0.717, 1.165) is 48.1 Å². The van der Waals surface area contributed by atoms with E-state index in [-0.39, 0.29) is 11.6 Å². The van der Waals surface area contributed by atoms with Gasteiger partial charge in [0.1, 0.15) is 11.1 Å². The molecule has 1 unspecified atom stereocenters. The minimum Gasteiger partial charge on any atom is -0.370 e. The molecule has 17 heavy (non-hydrogen) atoms. The molecule has 90 valence electrons. The van der Waals surface area contributed by atoms with Crippen LogP contribution in [-0.4, -0.2) is 26.4 Å². The molecule has 2 fully saturated rings. The fourth-order valence-corrected chi connectivity index (χ4v) is 3.17. The van der Waals surface area contributed by atoms with E-state index in [4.69, 9.17) is 10.5 Å². The summed E-state index contributed by atoms with van der Waals surface area (Å²) in [4.78, 5) is 0.822. The summed E-state index contributed by atoms with van der Waals surface area (Å²) in [7, 11) is 0. The molecule has 0 aromatic carbocycles. The lowest BCUT2D eigenvalue weighted by molar-refractivity contribution is 0.103. The Labute approximate surface area is 102 Å². The Kier molecular flexibility index (Phi) is 1.89. The summed E-state index contributed by atoms with van der Waals surface area (Å²) >= 11 is 1.54. The monoisotopic (exact) mass is 251 g/mol. The predicted molar refractivity (Wildman–Crippen MR) is 61.7 cm³/mol. The first-order valence-electron chi connectivity index (χ1n) is 5.89. The molecule has 7 heteroatoms. The molecule has 2 aromatic rings. The molecule has 2 N–H and O–H groups in total. The van der Waals surface area contributed by atoms with Gasteiger partial charge in [0.2, 0.25) is 4.96 Å². The van der Waals surface area contributed by atoms with E-state index in [1.807, 2.05) is 4.52 Å². The second-order valence-electron chi connectivity index (χ2n) is 4.82. The van der Waals surface area contributed by atoms with Gasteiger partial charge in [-0.2, -0.15) is 9.61 Å². The molecular weight excluding hydrogens is 238 g/mol. The normalized spacial score (nSPS) is 26.8. The molecular formula is C10H13N5OS. The molecule has 0 bridgehead atoms. The van der Waals surface area contributed by atoms with Gasteiger partial charge in [-0.15, -0.1) is 10.2 Å². The maximum atomic E-state index is 6.15. The summed E-state index contributed by atoms with van der Waals surface area (Å²) in [5, 5.41) is 13.9. The van der Waals surface area contributed by atoms with E-state index in [2.05, 4.69) is 15.3 Å². The van der Waals surface area contributed by atoms with Gasteiger partial charge in [0.15, 0.2) is 5.82 Å². The van der Waals surface area contributed by atoms with E-state index in [9.17, 15) is 0 Å². The Hall–Kier alpha value is -1.05. The van der Waals surface area contributed by atoms with Crippen LogP contribution in [0.25, 0.3) is 4.96 Å². The molecule has 3 heterocycles. The van der Waals surface area contributed by atoms with Gasteiger partial charge in [-0.05, 0) is 25.7 Å². The Morgan fingerprint density at radius 2 is 2.29 bits per heavy atom. The predicted octanol–water partition coefficient (Wildman–Crippen LogP) is 0.985. The summed E-state index contributed by atoms with van der Waals surface area (Å²) in [6.45, 7) is 0.803. The molecule has 1 aliphatic carbocycles. The van der Waals surface area contributed by atoms with Crippen LogP contribution in [0.3, 0.4) is 0 Å². The molecule has 0 amide bonds. The Morgan fingerprint density at radius 3 is 3.00 bits per heavy atom. The molecule has 2 aliphatic rings. The molecule has 1 aliphatic heterocycles. The van der Waals surface area contributed by atoms with Crippen LogP contribution in [0.2, 0.25) is 0 Å².